The van der Waals surface area contributed by atoms with Crippen LogP contribution in [0.4, 0.5) is 0 Å². The molecule has 0 unspecified atom stereocenters. The number of benzene rings is 1. The average molecular weight is 293 g/mol. The Kier molecular flexibility index (Phi) is 3.94. The number of hydrogen-bond donors (Lipinski definition) is 1. The molecule has 0 aliphatic rings. The van der Waals surface area contributed by atoms with E-state index in [0.717, 1.165) is 22.2 Å². The highest BCUT2D eigenvalue weighted by molar-refractivity contribution is 6.35. The molecule has 1 N–H and O–H groups in total. The van der Waals surface area contributed by atoms with E-state index in [2.05, 4.69) is 38.5 Å². The lowest BCUT2D eigenvalue weighted by Crippen LogP contribution is -2.13. The van der Waals surface area contributed by atoms with E-state index in [0.29, 0.717) is 11.4 Å². The van der Waals surface area contributed by atoms with Crippen molar-refractivity contribution in [3.63, 3.8) is 0 Å². The molecular weight excluding hydrogens is 272 g/mol. The standard InChI is InChI=1S/C16H21ClN2O/c1-10(9-20)8-13-14-12(17)7-6-11(16(2,3)4)15(14)19(5)18-13/h6-7,20H,1,8-9H2,2-5H3. The molecule has 0 radical (unpaired) electrons. The van der Waals surface area contributed by atoms with E-state index in [1.54, 1.807) is 0 Å². The first kappa shape index (κ1) is 15.1. The molecule has 2 aromatic rings. The van der Waals surface area contributed by atoms with E-state index in [1.807, 2.05) is 17.8 Å². The van der Waals surface area contributed by atoms with Gasteiger partial charge in [-0.1, -0.05) is 45.0 Å². The summed E-state index contributed by atoms with van der Waals surface area (Å²) in [7, 11) is 1.93. The zero-order valence-electron chi connectivity index (χ0n) is 12.5. The van der Waals surface area contributed by atoms with Crippen LogP contribution in [0.3, 0.4) is 0 Å². The Morgan fingerprint density at radius 1 is 1.40 bits per heavy atom. The Hall–Kier alpha value is -1.32. The van der Waals surface area contributed by atoms with Crippen molar-refractivity contribution in [2.75, 3.05) is 6.61 Å². The number of aromatic nitrogens is 2. The van der Waals surface area contributed by atoms with Gasteiger partial charge >= 0.3 is 0 Å². The highest BCUT2D eigenvalue weighted by Crippen LogP contribution is 2.35. The SMILES string of the molecule is C=C(CO)Cc1nn(C)c2c(C(C)(C)C)ccc(Cl)c12. The second-order valence-electron chi connectivity index (χ2n) is 6.22. The van der Waals surface area contributed by atoms with Gasteiger partial charge in [-0.3, -0.25) is 4.68 Å². The summed E-state index contributed by atoms with van der Waals surface area (Å²) in [6.45, 7) is 10.3. The van der Waals surface area contributed by atoms with Gasteiger partial charge < -0.3 is 5.11 Å². The maximum Gasteiger partial charge on any atom is 0.0759 e. The summed E-state index contributed by atoms with van der Waals surface area (Å²) in [5.74, 6) is 0. The van der Waals surface area contributed by atoms with E-state index < -0.39 is 0 Å². The van der Waals surface area contributed by atoms with Crippen molar-refractivity contribution in [3.8, 4) is 0 Å². The zero-order valence-corrected chi connectivity index (χ0v) is 13.3. The van der Waals surface area contributed by atoms with Gasteiger partial charge in [-0.2, -0.15) is 5.10 Å². The minimum absolute atomic E-state index is 0.0158. The first-order valence-corrected chi connectivity index (χ1v) is 7.05. The zero-order chi connectivity index (χ0) is 15.1. The van der Waals surface area contributed by atoms with Gasteiger partial charge in [-0.25, -0.2) is 0 Å². The number of halogens is 1. The quantitative estimate of drug-likeness (QED) is 0.878. The lowest BCUT2D eigenvalue weighted by atomic mass is 9.85. The first-order valence-electron chi connectivity index (χ1n) is 6.67. The number of aliphatic hydroxyl groups excluding tert-OH is 1. The lowest BCUT2D eigenvalue weighted by Gasteiger charge is -2.21. The van der Waals surface area contributed by atoms with Crippen LogP contribution in [0.5, 0.6) is 0 Å². The summed E-state index contributed by atoms with van der Waals surface area (Å²) in [6, 6.07) is 3.99. The van der Waals surface area contributed by atoms with Crippen molar-refractivity contribution in [3.05, 3.63) is 40.6 Å². The van der Waals surface area contributed by atoms with Crippen molar-refractivity contribution in [1.29, 1.82) is 0 Å². The van der Waals surface area contributed by atoms with Crippen LogP contribution in [-0.2, 0) is 18.9 Å². The highest BCUT2D eigenvalue weighted by Gasteiger charge is 2.22. The predicted octanol–water partition coefficient (Wildman–Crippen LogP) is 3.62. The van der Waals surface area contributed by atoms with Crippen LogP contribution in [0.1, 0.15) is 32.0 Å². The Morgan fingerprint density at radius 3 is 2.60 bits per heavy atom. The van der Waals surface area contributed by atoms with Gasteiger partial charge in [0.2, 0.25) is 0 Å². The molecule has 1 heterocycles. The van der Waals surface area contributed by atoms with Gasteiger partial charge in [0, 0.05) is 18.9 Å². The molecule has 108 valence electrons. The van der Waals surface area contributed by atoms with Gasteiger partial charge in [0.25, 0.3) is 0 Å². The molecule has 0 saturated heterocycles. The highest BCUT2D eigenvalue weighted by atomic mass is 35.5. The van der Waals surface area contributed by atoms with Crippen molar-refractivity contribution in [2.45, 2.75) is 32.6 Å². The molecule has 20 heavy (non-hydrogen) atoms. The smallest absolute Gasteiger partial charge is 0.0759 e. The summed E-state index contributed by atoms with van der Waals surface area (Å²) in [5, 5.41) is 15.4. The molecule has 0 spiro atoms. The maximum absolute atomic E-state index is 9.16. The molecule has 0 bridgehead atoms. The van der Waals surface area contributed by atoms with E-state index in [4.69, 9.17) is 16.7 Å². The van der Waals surface area contributed by atoms with Crippen LogP contribution < -0.4 is 0 Å². The Bertz CT molecular complexity index is 665. The van der Waals surface area contributed by atoms with Gasteiger partial charge in [0.1, 0.15) is 0 Å². The molecule has 4 heteroatoms. The number of aryl methyl sites for hydroxylation is 1. The van der Waals surface area contributed by atoms with Crippen LogP contribution >= 0.6 is 11.6 Å². The molecule has 3 nitrogen and oxygen atoms in total. The molecular formula is C16H21ClN2O. The van der Waals surface area contributed by atoms with Crippen LogP contribution in [0.25, 0.3) is 10.9 Å². The molecule has 0 fully saturated rings. The van der Waals surface area contributed by atoms with E-state index >= 15 is 0 Å². The number of fused-ring (bicyclic) bond motifs is 1. The largest absolute Gasteiger partial charge is 0.392 e. The van der Waals surface area contributed by atoms with Crippen LogP contribution in [0, 0.1) is 0 Å². The molecule has 0 aliphatic heterocycles. The average Bonchev–Trinajstić information content (AvgIpc) is 2.66. The first-order chi connectivity index (χ1) is 9.25. The number of rotatable bonds is 3. The Morgan fingerprint density at radius 2 is 2.05 bits per heavy atom. The third-order valence-electron chi connectivity index (χ3n) is 3.46. The summed E-state index contributed by atoms with van der Waals surface area (Å²) < 4.78 is 1.88. The normalized spacial score (nSPS) is 12.1. The molecule has 0 atom stereocenters. The number of hydrogen-bond acceptors (Lipinski definition) is 2. The molecule has 1 aromatic heterocycles. The summed E-state index contributed by atoms with van der Waals surface area (Å²) in [4.78, 5) is 0. The maximum atomic E-state index is 9.16. The molecule has 1 aromatic carbocycles. The second kappa shape index (κ2) is 5.23. The molecule has 0 aliphatic carbocycles. The van der Waals surface area contributed by atoms with Crippen LogP contribution in [-0.4, -0.2) is 21.5 Å². The Labute approximate surface area is 124 Å². The number of nitrogens with zero attached hydrogens (tertiary/aromatic N) is 2. The van der Waals surface area contributed by atoms with Crippen molar-refractivity contribution in [2.24, 2.45) is 7.05 Å². The molecule has 0 saturated carbocycles. The fourth-order valence-electron chi connectivity index (χ4n) is 2.48. The van der Waals surface area contributed by atoms with E-state index in [-0.39, 0.29) is 12.0 Å². The monoisotopic (exact) mass is 292 g/mol. The second-order valence-corrected chi connectivity index (χ2v) is 6.63. The minimum Gasteiger partial charge on any atom is -0.392 e. The fourth-order valence-corrected chi connectivity index (χ4v) is 2.74. The predicted molar refractivity (Wildman–Crippen MR) is 84.4 cm³/mol. The van der Waals surface area contributed by atoms with Gasteiger partial charge in [0.05, 0.1) is 22.8 Å². The summed E-state index contributed by atoms with van der Waals surface area (Å²) in [6.07, 6.45) is 0.543. The summed E-state index contributed by atoms with van der Waals surface area (Å²) in [5.41, 5.74) is 3.90. The third-order valence-corrected chi connectivity index (χ3v) is 3.77. The van der Waals surface area contributed by atoms with E-state index in [9.17, 15) is 0 Å². The van der Waals surface area contributed by atoms with Crippen molar-refractivity contribution in [1.82, 2.24) is 9.78 Å². The Balaban J connectivity index is 2.73. The van der Waals surface area contributed by atoms with Crippen molar-refractivity contribution >= 4 is 22.5 Å². The molecule has 2 rings (SSSR count). The van der Waals surface area contributed by atoms with Crippen molar-refractivity contribution < 1.29 is 5.11 Å². The fraction of sp³-hybridized carbons (Fsp3) is 0.438. The van der Waals surface area contributed by atoms with Crippen LogP contribution in [0.2, 0.25) is 5.02 Å². The van der Waals surface area contributed by atoms with Crippen LogP contribution in [0.15, 0.2) is 24.3 Å². The van der Waals surface area contributed by atoms with Gasteiger partial charge in [-0.05, 0) is 22.6 Å². The topological polar surface area (TPSA) is 38.1 Å². The summed E-state index contributed by atoms with van der Waals surface area (Å²) >= 11 is 6.38. The van der Waals surface area contributed by atoms with Gasteiger partial charge in [-0.15, -0.1) is 0 Å². The van der Waals surface area contributed by atoms with Gasteiger partial charge in [0.15, 0.2) is 0 Å². The molecule has 0 amide bonds. The van der Waals surface area contributed by atoms with E-state index in [1.165, 1.54) is 5.56 Å². The number of aliphatic hydroxyl groups is 1. The third kappa shape index (κ3) is 2.60. The minimum atomic E-state index is -0.0331. The lowest BCUT2D eigenvalue weighted by molar-refractivity contribution is 0.329.